The standard InChI is InChI=1S/C11H24N2O2/c1-5-7-12-11(14)10(4)13-9(3)8-15-6-2/h9-10,13H,5-8H2,1-4H3,(H,12,14). The summed E-state index contributed by atoms with van der Waals surface area (Å²) in [7, 11) is 0. The Balaban J connectivity index is 3.69. The van der Waals surface area contributed by atoms with Crippen molar-refractivity contribution in [1.29, 1.82) is 0 Å². The molecular formula is C11H24N2O2. The molecule has 0 aliphatic heterocycles. The fraction of sp³-hybridized carbons (Fsp3) is 0.909. The molecule has 4 nitrogen and oxygen atoms in total. The second-order valence-electron chi connectivity index (χ2n) is 3.74. The second kappa shape index (κ2) is 8.68. The summed E-state index contributed by atoms with van der Waals surface area (Å²) in [6.45, 7) is 9.97. The molecule has 0 aromatic heterocycles. The maximum atomic E-state index is 11.5. The van der Waals surface area contributed by atoms with E-state index in [4.69, 9.17) is 4.74 Å². The smallest absolute Gasteiger partial charge is 0.236 e. The number of carbonyl (C=O) groups excluding carboxylic acids is 1. The summed E-state index contributed by atoms with van der Waals surface area (Å²) in [6.07, 6.45) is 0.965. The summed E-state index contributed by atoms with van der Waals surface area (Å²) in [5, 5.41) is 6.04. The lowest BCUT2D eigenvalue weighted by molar-refractivity contribution is -0.123. The molecule has 0 radical (unpaired) electrons. The van der Waals surface area contributed by atoms with Gasteiger partial charge in [-0.25, -0.2) is 0 Å². The van der Waals surface area contributed by atoms with Gasteiger partial charge in [-0.1, -0.05) is 6.92 Å². The third kappa shape index (κ3) is 7.33. The molecule has 0 aromatic carbocycles. The van der Waals surface area contributed by atoms with E-state index >= 15 is 0 Å². The summed E-state index contributed by atoms with van der Waals surface area (Å²) < 4.78 is 5.26. The average molecular weight is 216 g/mol. The van der Waals surface area contributed by atoms with E-state index in [0.717, 1.165) is 13.0 Å². The summed E-state index contributed by atoms with van der Waals surface area (Å²) in [5.41, 5.74) is 0. The summed E-state index contributed by atoms with van der Waals surface area (Å²) >= 11 is 0. The van der Waals surface area contributed by atoms with E-state index in [1.54, 1.807) is 0 Å². The predicted octanol–water partition coefficient (Wildman–Crippen LogP) is 0.916. The molecule has 0 heterocycles. The van der Waals surface area contributed by atoms with Crippen LogP contribution in [0.15, 0.2) is 0 Å². The minimum Gasteiger partial charge on any atom is -0.380 e. The van der Waals surface area contributed by atoms with Gasteiger partial charge in [0.25, 0.3) is 0 Å². The zero-order valence-corrected chi connectivity index (χ0v) is 10.3. The van der Waals surface area contributed by atoms with Crippen molar-refractivity contribution in [3.63, 3.8) is 0 Å². The van der Waals surface area contributed by atoms with Crippen LogP contribution >= 0.6 is 0 Å². The predicted molar refractivity (Wildman–Crippen MR) is 61.9 cm³/mol. The van der Waals surface area contributed by atoms with Crippen LogP contribution in [0.25, 0.3) is 0 Å². The minimum absolute atomic E-state index is 0.0557. The van der Waals surface area contributed by atoms with E-state index in [-0.39, 0.29) is 18.0 Å². The molecule has 0 saturated heterocycles. The van der Waals surface area contributed by atoms with Gasteiger partial charge < -0.3 is 15.4 Å². The summed E-state index contributed by atoms with van der Waals surface area (Å²) in [6, 6.07) is 0.0410. The van der Waals surface area contributed by atoms with Gasteiger partial charge in [-0.2, -0.15) is 0 Å². The molecule has 4 heteroatoms. The number of amides is 1. The zero-order chi connectivity index (χ0) is 11.7. The lowest BCUT2D eigenvalue weighted by Gasteiger charge is -2.19. The molecule has 0 bridgehead atoms. The molecule has 90 valence electrons. The van der Waals surface area contributed by atoms with Gasteiger partial charge in [-0.05, 0) is 27.2 Å². The Hall–Kier alpha value is -0.610. The second-order valence-corrected chi connectivity index (χ2v) is 3.74. The highest BCUT2D eigenvalue weighted by molar-refractivity contribution is 5.81. The number of hydrogen-bond acceptors (Lipinski definition) is 3. The molecular weight excluding hydrogens is 192 g/mol. The van der Waals surface area contributed by atoms with Gasteiger partial charge in [0.2, 0.25) is 5.91 Å². The molecule has 0 aliphatic rings. The van der Waals surface area contributed by atoms with Crippen LogP contribution in [0, 0.1) is 0 Å². The summed E-state index contributed by atoms with van der Waals surface area (Å²) in [5.74, 6) is 0.0557. The van der Waals surface area contributed by atoms with Gasteiger partial charge in [-0.3, -0.25) is 4.79 Å². The van der Waals surface area contributed by atoms with E-state index in [0.29, 0.717) is 13.2 Å². The largest absolute Gasteiger partial charge is 0.380 e. The van der Waals surface area contributed by atoms with Crippen LogP contribution in [-0.4, -0.2) is 37.7 Å². The Kier molecular flexibility index (Phi) is 8.33. The molecule has 0 fully saturated rings. The van der Waals surface area contributed by atoms with Crippen molar-refractivity contribution >= 4 is 5.91 Å². The van der Waals surface area contributed by atoms with Gasteiger partial charge in [0.15, 0.2) is 0 Å². The van der Waals surface area contributed by atoms with Crippen LogP contribution in [0.3, 0.4) is 0 Å². The van der Waals surface area contributed by atoms with Gasteiger partial charge in [0, 0.05) is 19.2 Å². The van der Waals surface area contributed by atoms with Crippen LogP contribution in [0.1, 0.15) is 34.1 Å². The Labute approximate surface area is 92.8 Å². The first kappa shape index (κ1) is 14.4. The topological polar surface area (TPSA) is 50.4 Å². The lowest BCUT2D eigenvalue weighted by atomic mass is 10.2. The van der Waals surface area contributed by atoms with E-state index < -0.39 is 0 Å². The van der Waals surface area contributed by atoms with Gasteiger partial charge >= 0.3 is 0 Å². The van der Waals surface area contributed by atoms with Crippen molar-refractivity contribution in [2.75, 3.05) is 19.8 Å². The SMILES string of the molecule is CCCNC(=O)C(C)NC(C)COCC. The number of rotatable bonds is 8. The highest BCUT2D eigenvalue weighted by atomic mass is 16.5. The van der Waals surface area contributed by atoms with E-state index in [1.807, 2.05) is 27.7 Å². The van der Waals surface area contributed by atoms with E-state index in [2.05, 4.69) is 10.6 Å². The molecule has 0 aromatic rings. The van der Waals surface area contributed by atoms with Crippen LogP contribution < -0.4 is 10.6 Å². The fourth-order valence-electron chi connectivity index (χ4n) is 1.25. The van der Waals surface area contributed by atoms with Crippen molar-refractivity contribution in [2.45, 2.75) is 46.2 Å². The Morgan fingerprint density at radius 1 is 1.33 bits per heavy atom. The van der Waals surface area contributed by atoms with Gasteiger partial charge in [0.1, 0.15) is 0 Å². The number of hydrogen-bond donors (Lipinski definition) is 2. The Morgan fingerprint density at radius 2 is 2.00 bits per heavy atom. The third-order valence-electron chi connectivity index (χ3n) is 2.05. The van der Waals surface area contributed by atoms with Gasteiger partial charge in [-0.15, -0.1) is 0 Å². The quantitative estimate of drug-likeness (QED) is 0.634. The molecule has 0 aliphatic carbocycles. The average Bonchev–Trinajstić information content (AvgIpc) is 2.22. The number of carbonyl (C=O) groups is 1. The first-order valence-electron chi connectivity index (χ1n) is 5.73. The monoisotopic (exact) mass is 216 g/mol. The molecule has 2 N–H and O–H groups in total. The van der Waals surface area contributed by atoms with Crippen LogP contribution in [-0.2, 0) is 9.53 Å². The maximum absolute atomic E-state index is 11.5. The van der Waals surface area contributed by atoms with Crippen LogP contribution in [0.4, 0.5) is 0 Å². The highest BCUT2D eigenvalue weighted by Gasteiger charge is 2.14. The van der Waals surface area contributed by atoms with E-state index in [9.17, 15) is 4.79 Å². The zero-order valence-electron chi connectivity index (χ0n) is 10.3. The molecule has 0 saturated carbocycles. The first-order valence-corrected chi connectivity index (χ1v) is 5.73. The normalized spacial score (nSPS) is 14.7. The van der Waals surface area contributed by atoms with Crippen LogP contribution in [0.2, 0.25) is 0 Å². The molecule has 15 heavy (non-hydrogen) atoms. The fourth-order valence-corrected chi connectivity index (χ4v) is 1.25. The van der Waals surface area contributed by atoms with Crippen molar-refractivity contribution < 1.29 is 9.53 Å². The Morgan fingerprint density at radius 3 is 2.53 bits per heavy atom. The van der Waals surface area contributed by atoms with Crippen molar-refractivity contribution in [2.24, 2.45) is 0 Å². The van der Waals surface area contributed by atoms with Crippen molar-refractivity contribution in [3.8, 4) is 0 Å². The summed E-state index contributed by atoms with van der Waals surface area (Å²) in [4.78, 5) is 11.5. The van der Waals surface area contributed by atoms with Crippen LogP contribution in [0.5, 0.6) is 0 Å². The first-order chi connectivity index (χ1) is 7.11. The molecule has 2 atom stereocenters. The van der Waals surface area contributed by atoms with Gasteiger partial charge in [0.05, 0.1) is 12.6 Å². The molecule has 0 rings (SSSR count). The number of ether oxygens (including phenoxy) is 1. The number of nitrogens with one attached hydrogen (secondary N) is 2. The minimum atomic E-state index is -0.160. The third-order valence-corrected chi connectivity index (χ3v) is 2.05. The molecule has 0 spiro atoms. The maximum Gasteiger partial charge on any atom is 0.236 e. The Bertz CT molecular complexity index is 174. The highest BCUT2D eigenvalue weighted by Crippen LogP contribution is 1.90. The van der Waals surface area contributed by atoms with Crippen molar-refractivity contribution in [1.82, 2.24) is 10.6 Å². The van der Waals surface area contributed by atoms with Crippen molar-refractivity contribution in [3.05, 3.63) is 0 Å². The van der Waals surface area contributed by atoms with E-state index in [1.165, 1.54) is 0 Å². The lowest BCUT2D eigenvalue weighted by Crippen LogP contribution is -2.47. The molecule has 1 amide bonds. The molecule has 2 unspecified atom stereocenters.